The van der Waals surface area contributed by atoms with Crippen molar-refractivity contribution in [2.24, 2.45) is 0 Å². The molecular formula is C18H14F2N2O3. The summed E-state index contributed by atoms with van der Waals surface area (Å²) in [5.41, 5.74) is 0.612. The summed E-state index contributed by atoms with van der Waals surface area (Å²) >= 11 is 0. The maximum atomic E-state index is 13.6. The van der Waals surface area contributed by atoms with Crippen LogP contribution in [0.25, 0.3) is 0 Å². The topological polar surface area (TPSA) is 90.2 Å². The smallest absolute Gasteiger partial charge is 0.326 e. The molecule has 0 spiro atoms. The van der Waals surface area contributed by atoms with Gasteiger partial charge in [0.1, 0.15) is 17.7 Å². The highest BCUT2D eigenvalue weighted by molar-refractivity contribution is 5.85. The fraction of sp³-hybridized carbons (Fsp3) is 0.167. The third-order valence-corrected chi connectivity index (χ3v) is 3.56. The molecule has 0 saturated heterocycles. The molecule has 0 aliphatic heterocycles. The Morgan fingerprint density at radius 1 is 1.12 bits per heavy atom. The lowest BCUT2D eigenvalue weighted by molar-refractivity contribution is -0.141. The molecule has 5 nitrogen and oxygen atoms in total. The van der Waals surface area contributed by atoms with Crippen molar-refractivity contribution in [3.63, 3.8) is 0 Å². The van der Waals surface area contributed by atoms with Crippen molar-refractivity contribution in [1.82, 2.24) is 5.32 Å². The van der Waals surface area contributed by atoms with Crippen LogP contribution < -0.4 is 5.32 Å². The van der Waals surface area contributed by atoms with Gasteiger partial charge >= 0.3 is 5.97 Å². The van der Waals surface area contributed by atoms with Crippen LogP contribution in [-0.4, -0.2) is 23.0 Å². The summed E-state index contributed by atoms with van der Waals surface area (Å²) in [6.07, 6.45) is -0.623. The third-order valence-electron chi connectivity index (χ3n) is 3.56. The zero-order valence-corrected chi connectivity index (χ0v) is 13.0. The quantitative estimate of drug-likeness (QED) is 0.840. The van der Waals surface area contributed by atoms with Gasteiger partial charge in [-0.3, -0.25) is 4.79 Å². The van der Waals surface area contributed by atoms with E-state index in [0.717, 1.165) is 12.1 Å². The first-order valence-electron chi connectivity index (χ1n) is 7.35. The molecule has 0 fully saturated rings. The van der Waals surface area contributed by atoms with Crippen LogP contribution in [-0.2, 0) is 22.4 Å². The third kappa shape index (κ3) is 4.85. The van der Waals surface area contributed by atoms with Crippen LogP contribution in [0.3, 0.4) is 0 Å². The van der Waals surface area contributed by atoms with Crippen LogP contribution in [0.5, 0.6) is 0 Å². The summed E-state index contributed by atoms with van der Waals surface area (Å²) in [5, 5.41) is 20.2. The summed E-state index contributed by atoms with van der Waals surface area (Å²) < 4.78 is 27.1. The lowest BCUT2D eigenvalue weighted by Crippen LogP contribution is -2.43. The van der Waals surface area contributed by atoms with E-state index >= 15 is 0 Å². The van der Waals surface area contributed by atoms with Crippen LogP contribution in [0, 0.1) is 23.0 Å². The SMILES string of the molecule is N#Cc1ccc(C[C@H](NC(=O)Cc2c(F)cccc2F)C(=O)O)cc1. The number of carbonyl (C=O) groups is 2. The van der Waals surface area contributed by atoms with Gasteiger partial charge in [-0.15, -0.1) is 0 Å². The molecule has 0 bridgehead atoms. The van der Waals surface area contributed by atoms with E-state index in [1.54, 1.807) is 12.1 Å². The van der Waals surface area contributed by atoms with Gasteiger partial charge in [-0.25, -0.2) is 13.6 Å². The molecule has 1 atom stereocenters. The number of hydrogen-bond donors (Lipinski definition) is 2. The predicted octanol–water partition coefficient (Wildman–Crippen LogP) is 2.19. The van der Waals surface area contributed by atoms with E-state index in [-0.39, 0.29) is 6.42 Å². The molecule has 2 rings (SSSR count). The summed E-state index contributed by atoms with van der Waals surface area (Å²) in [6.45, 7) is 0. The first-order chi connectivity index (χ1) is 11.9. The van der Waals surface area contributed by atoms with Crippen LogP contribution in [0.1, 0.15) is 16.7 Å². The zero-order chi connectivity index (χ0) is 18.4. The molecule has 2 aromatic rings. The van der Waals surface area contributed by atoms with Crippen molar-refractivity contribution in [3.05, 3.63) is 70.8 Å². The molecule has 25 heavy (non-hydrogen) atoms. The summed E-state index contributed by atoms with van der Waals surface area (Å²) in [4.78, 5) is 23.3. The Bertz CT molecular complexity index is 809. The van der Waals surface area contributed by atoms with Crippen molar-refractivity contribution in [1.29, 1.82) is 5.26 Å². The van der Waals surface area contributed by atoms with Gasteiger partial charge in [0.15, 0.2) is 0 Å². The number of carboxylic acids is 1. The summed E-state index contributed by atoms with van der Waals surface area (Å²) in [6, 6.07) is 10.1. The van der Waals surface area contributed by atoms with Crippen molar-refractivity contribution in [3.8, 4) is 6.07 Å². The van der Waals surface area contributed by atoms with Gasteiger partial charge in [-0.1, -0.05) is 18.2 Å². The number of carboxylic acid groups (broad SMARTS) is 1. The Balaban J connectivity index is 2.06. The van der Waals surface area contributed by atoms with Crippen molar-refractivity contribution >= 4 is 11.9 Å². The Morgan fingerprint density at radius 3 is 2.24 bits per heavy atom. The largest absolute Gasteiger partial charge is 0.480 e. The second-order valence-electron chi connectivity index (χ2n) is 5.35. The number of amides is 1. The van der Waals surface area contributed by atoms with Gasteiger partial charge in [0, 0.05) is 12.0 Å². The van der Waals surface area contributed by atoms with Gasteiger partial charge in [-0.2, -0.15) is 5.26 Å². The van der Waals surface area contributed by atoms with E-state index in [1.165, 1.54) is 18.2 Å². The highest BCUT2D eigenvalue weighted by Crippen LogP contribution is 2.13. The molecule has 128 valence electrons. The van der Waals surface area contributed by atoms with Crippen LogP contribution in [0.15, 0.2) is 42.5 Å². The molecule has 0 aromatic heterocycles. The highest BCUT2D eigenvalue weighted by Gasteiger charge is 2.22. The predicted molar refractivity (Wildman–Crippen MR) is 84.5 cm³/mol. The maximum absolute atomic E-state index is 13.6. The molecule has 1 amide bonds. The molecule has 7 heteroatoms. The zero-order valence-electron chi connectivity index (χ0n) is 13.0. The van der Waals surface area contributed by atoms with Crippen LogP contribution in [0.2, 0.25) is 0 Å². The summed E-state index contributed by atoms with van der Waals surface area (Å²) in [7, 11) is 0. The lowest BCUT2D eigenvalue weighted by atomic mass is 10.0. The fourth-order valence-corrected chi connectivity index (χ4v) is 2.26. The van der Waals surface area contributed by atoms with E-state index in [9.17, 15) is 23.5 Å². The molecule has 0 aliphatic rings. The fourth-order valence-electron chi connectivity index (χ4n) is 2.26. The highest BCUT2D eigenvalue weighted by atomic mass is 19.1. The van der Waals surface area contributed by atoms with E-state index in [0.29, 0.717) is 11.1 Å². The van der Waals surface area contributed by atoms with Crippen molar-refractivity contribution in [2.45, 2.75) is 18.9 Å². The average molecular weight is 344 g/mol. The average Bonchev–Trinajstić information content (AvgIpc) is 2.58. The number of carbonyl (C=O) groups excluding carboxylic acids is 1. The van der Waals surface area contributed by atoms with Crippen molar-refractivity contribution < 1.29 is 23.5 Å². The van der Waals surface area contributed by atoms with Crippen LogP contribution in [0.4, 0.5) is 8.78 Å². The minimum absolute atomic E-state index is 0.0213. The number of nitrogens with zero attached hydrogens (tertiary/aromatic N) is 1. The minimum Gasteiger partial charge on any atom is -0.480 e. The normalized spacial score (nSPS) is 11.4. The van der Waals surface area contributed by atoms with Gasteiger partial charge in [-0.05, 0) is 29.8 Å². The van der Waals surface area contributed by atoms with Crippen molar-refractivity contribution in [2.75, 3.05) is 0 Å². The van der Waals surface area contributed by atoms with Gasteiger partial charge in [0.25, 0.3) is 0 Å². The number of hydrogen-bond acceptors (Lipinski definition) is 3. The molecule has 0 aliphatic carbocycles. The van der Waals surface area contributed by atoms with E-state index < -0.39 is 41.5 Å². The first-order valence-corrected chi connectivity index (χ1v) is 7.35. The Hall–Kier alpha value is -3.27. The lowest BCUT2D eigenvalue weighted by Gasteiger charge is -2.15. The number of halogens is 2. The molecule has 2 N–H and O–H groups in total. The Kier molecular flexibility index (Phi) is 5.79. The van der Waals surface area contributed by atoms with Gasteiger partial charge < -0.3 is 10.4 Å². The second kappa shape index (κ2) is 8.02. The monoisotopic (exact) mass is 344 g/mol. The number of rotatable bonds is 6. The molecular weight excluding hydrogens is 330 g/mol. The molecule has 0 saturated carbocycles. The summed E-state index contributed by atoms with van der Waals surface area (Å²) in [5.74, 6) is -3.81. The number of benzene rings is 2. The van der Waals surface area contributed by atoms with Crippen LogP contribution >= 0.6 is 0 Å². The molecule has 2 aromatic carbocycles. The van der Waals surface area contributed by atoms with Gasteiger partial charge in [0.05, 0.1) is 18.1 Å². The number of aliphatic carboxylic acids is 1. The molecule has 0 unspecified atom stereocenters. The number of nitriles is 1. The van der Waals surface area contributed by atoms with Gasteiger partial charge in [0.2, 0.25) is 5.91 Å². The maximum Gasteiger partial charge on any atom is 0.326 e. The number of nitrogens with one attached hydrogen (secondary N) is 1. The Morgan fingerprint density at radius 2 is 1.72 bits per heavy atom. The first kappa shape index (κ1) is 18.1. The second-order valence-corrected chi connectivity index (χ2v) is 5.35. The van der Waals surface area contributed by atoms with E-state index in [2.05, 4.69) is 5.32 Å². The van der Waals surface area contributed by atoms with E-state index in [1.807, 2.05) is 6.07 Å². The standard InChI is InChI=1S/C18H14F2N2O3/c19-14-2-1-3-15(20)13(14)9-17(23)22-16(18(24)25)8-11-4-6-12(10-21)7-5-11/h1-7,16H,8-9H2,(H,22,23)(H,24,25)/t16-/m0/s1. The van der Waals surface area contributed by atoms with E-state index in [4.69, 9.17) is 5.26 Å². The molecule has 0 radical (unpaired) electrons. The molecule has 0 heterocycles. The Labute approximate surface area is 142 Å². The minimum atomic E-state index is -1.27.